The minimum atomic E-state index is -1.16. The summed E-state index contributed by atoms with van der Waals surface area (Å²) in [6, 6.07) is 18.2. The number of amides is 1. The van der Waals surface area contributed by atoms with Crippen LogP contribution in [0.1, 0.15) is 15.9 Å². The van der Waals surface area contributed by atoms with Gasteiger partial charge in [-0.1, -0.05) is 48.5 Å². The van der Waals surface area contributed by atoms with Crippen molar-refractivity contribution in [1.29, 1.82) is 0 Å². The first kappa shape index (κ1) is 14.2. The van der Waals surface area contributed by atoms with Crippen molar-refractivity contribution < 1.29 is 9.90 Å². The van der Waals surface area contributed by atoms with Gasteiger partial charge in [0.05, 0.1) is 5.71 Å². The Hall–Kier alpha value is -2.78. The fraction of sp³-hybridized carbons (Fsp3) is 0.0526. The summed E-state index contributed by atoms with van der Waals surface area (Å²) in [4.78, 5) is 16.1. The predicted octanol–water partition coefficient (Wildman–Crippen LogP) is 3.28. The van der Waals surface area contributed by atoms with Crippen molar-refractivity contribution in [3.63, 3.8) is 0 Å². The van der Waals surface area contributed by atoms with Gasteiger partial charge in [-0.05, 0) is 42.0 Å². The average Bonchev–Trinajstić information content (AvgIpc) is 2.59. The molecule has 0 fully saturated rings. The molecule has 0 radical (unpaired) electrons. The van der Waals surface area contributed by atoms with Crippen LogP contribution in [0.5, 0.6) is 0 Å². The third kappa shape index (κ3) is 2.95. The molecule has 0 unspecified atom stereocenters. The Balaban J connectivity index is 1.81. The number of hydrogen-bond acceptors (Lipinski definition) is 2. The standard InChI is InChI=1S/C19H15NO2/c21-18(15-7-3-1-4-8-15)20-17-11-13-19(22,14-12-17)16-9-5-2-6-10-16/h1-14,22H. The van der Waals surface area contributed by atoms with E-state index in [0.29, 0.717) is 11.3 Å². The molecule has 1 amide bonds. The van der Waals surface area contributed by atoms with Gasteiger partial charge in [-0.3, -0.25) is 4.79 Å². The van der Waals surface area contributed by atoms with Crippen LogP contribution in [-0.4, -0.2) is 16.7 Å². The Bertz CT molecular complexity index is 743. The van der Waals surface area contributed by atoms with Crippen molar-refractivity contribution in [2.45, 2.75) is 5.60 Å². The van der Waals surface area contributed by atoms with E-state index in [-0.39, 0.29) is 5.91 Å². The number of aliphatic imine (C=N–C) groups is 1. The lowest BCUT2D eigenvalue weighted by Crippen LogP contribution is -2.23. The Morgan fingerprint density at radius 1 is 0.864 bits per heavy atom. The smallest absolute Gasteiger partial charge is 0.277 e. The minimum Gasteiger partial charge on any atom is -0.377 e. The molecule has 0 aliphatic heterocycles. The summed E-state index contributed by atoms with van der Waals surface area (Å²) in [6.07, 6.45) is 6.60. The van der Waals surface area contributed by atoms with Gasteiger partial charge in [-0.25, -0.2) is 4.99 Å². The molecule has 0 bridgehead atoms. The topological polar surface area (TPSA) is 49.7 Å². The van der Waals surface area contributed by atoms with Gasteiger partial charge in [0.25, 0.3) is 5.91 Å². The summed E-state index contributed by atoms with van der Waals surface area (Å²) < 4.78 is 0. The molecule has 0 aromatic heterocycles. The zero-order valence-corrected chi connectivity index (χ0v) is 11.9. The highest BCUT2D eigenvalue weighted by Crippen LogP contribution is 2.26. The highest BCUT2D eigenvalue weighted by atomic mass is 16.3. The molecular formula is C19H15NO2. The van der Waals surface area contributed by atoms with E-state index in [1.165, 1.54) is 0 Å². The van der Waals surface area contributed by atoms with E-state index in [1.54, 1.807) is 48.6 Å². The van der Waals surface area contributed by atoms with Gasteiger partial charge in [0.1, 0.15) is 5.60 Å². The predicted molar refractivity (Wildman–Crippen MR) is 86.8 cm³/mol. The molecule has 2 aromatic rings. The molecule has 3 nitrogen and oxygen atoms in total. The summed E-state index contributed by atoms with van der Waals surface area (Å²) >= 11 is 0. The summed E-state index contributed by atoms with van der Waals surface area (Å²) in [5.74, 6) is -0.296. The number of allylic oxidation sites excluding steroid dienone is 2. The first-order chi connectivity index (χ1) is 10.7. The fourth-order valence-electron chi connectivity index (χ4n) is 2.27. The summed E-state index contributed by atoms with van der Waals surface area (Å²) in [5.41, 5.74) is 0.682. The van der Waals surface area contributed by atoms with Crippen LogP contribution in [0.15, 0.2) is 90.0 Å². The number of benzene rings is 2. The molecule has 0 heterocycles. The highest BCUT2D eigenvalue weighted by Gasteiger charge is 2.24. The van der Waals surface area contributed by atoms with Gasteiger partial charge < -0.3 is 5.11 Å². The molecule has 108 valence electrons. The lowest BCUT2D eigenvalue weighted by atomic mass is 9.89. The maximum absolute atomic E-state index is 12.0. The average molecular weight is 289 g/mol. The Morgan fingerprint density at radius 3 is 2.00 bits per heavy atom. The van der Waals surface area contributed by atoms with E-state index < -0.39 is 5.60 Å². The fourth-order valence-corrected chi connectivity index (χ4v) is 2.27. The zero-order valence-electron chi connectivity index (χ0n) is 11.9. The largest absolute Gasteiger partial charge is 0.377 e. The van der Waals surface area contributed by atoms with Crippen LogP contribution in [0.25, 0.3) is 0 Å². The summed E-state index contributed by atoms with van der Waals surface area (Å²) in [5, 5.41) is 10.6. The van der Waals surface area contributed by atoms with E-state index in [2.05, 4.69) is 4.99 Å². The van der Waals surface area contributed by atoms with E-state index in [1.807, 2.05) is 36.4 Å². The summed E-state index contributed by atoms with van der Waals surface area (Å²) in [6.45, 7) is 0. The van der Waals surface area contributed by atoms with E-state index in [0.717, 1.165) is 5.56 Å². The van der Waals surface area contributed by atoms with Gasteiger partial charge in [-0.2, -0.15) is 0 Å². The number of aliphatic hydroxyl groups is 1. The molecule has 0 saturated carbocycles. The normalized spacial score (nSPS) is 20.0. The zero-order chi connectivity index (χ0) is 15.4. The van der Waals surface area contributed by atoms with Crippen LogP contribution in [0.2, 0.25) is 0 Å². The van der Waals surface area contributed by atoms with Crippen LogP contribution in [0.3, 0.4) is 0 Å². The third-order valence-corrected chi connectivity index (χ3v) is 3.50. The Labute approximate surface area is 129 Å². The van der Waals surface area contributed by atoms with Crippen LogP contribution in [-0.2, 0) is 5.60 Å². The molecule has 22 heavy (non-hydrogen) atoms. The molecule has 3 heteroatoms. The van der Waals surface area contributed by atoms with Crippen molar-refractivity contribution in [2.24, 2.45) is 4.99 Å². The highest BCUT2D eigenvalue weighted by molar-refractivity contribution is 6.13. The van der Waals surface area contributed by atoms with Crippen molar-refractivity contribution in [2.75, 3.05) is 0 Å². The van der Waals surface area contributed by atoms with Crippen molar-refractivity contribution in [3.05, 3.63) is 96.1 Å². The van der Waals surface area contributed by atoms with Gasteiger partial charge in [0.2, 0.25) is 0 Å². The number of carbonyl (C=O) groups is 1. The van der Waals surface area contributed by atoms with E-state index in [9.17, 15) is 9.90 Å². The molecule has 0 spiro atoms. The first-order valence-corrected chi connectivity index (χ1v) is 7.02. The quantitative estimate of drug-likeness (QED) is 0.922. The Morgan fingerprint density at radius 2 is 1.41 bits per heavy atom. The van der Waals surface area contributed by atoms with Gasteiger partial charge in [0.15, 0.2) is 0 Å². The summed E-state index contributed by atoms with van der Waals surface area (Å²) in [7, 11) is 0. The Kier molecular flexibility index (Phi) is 3.81. The van der Waals surface area contributed by atoms with E-state index >= 15 is 0 Å². The number of nitrogens with zero attached hydrogens (tertiary/aromatic N) is 1. The minimum absolute atomic E-state index is 0.296. The maximum Gasteiger partial charge on any atom is 0.277 e. The second-order valence-corrected chi connectivity index (χ2v) is 5.07. The van der Waals surface area contributed by atoms with Gasteiger partial charge >= 0.3 is 0 Å². The molecular weight excluding hydrogens is 274 g/mol. The molecule has 3 rings (SSSR count). The lowest BCUT2D eigenvalue weighted by Gasteiger charge is -2.23. The van der Waals surface area contributed by atoms with Crippen LogP contribution >= 0.6 is 0 Å². The monoisotopic (exact) mass is 289 g/mol. The molecule has 0 atom stereocenters. The number of carbonyl (C=O) groups excluding carboxylic acids is 1. The van der Waals surface area contributed by atoms with Crippen molar-refractivity contribution in [1.82, 2.24) is 0 Å². The van der Waals surface area contributed by atoms with Gasteiger partial charge in [-0.15, -0.1) is 0 Å². The third-order valence-electron chi connectivity index (χ3n) is 3.50. The molecule has 1 aliphatic carbocycles. The van der Waals surface area contributed by atoms with Crippen LogP contribution < -0.4 is 0 Å². The first-order valence-electron chi connectivity index (χ1n) is 7.02. The van der Waals surface area contributed by atoms with Crippen LogP contribution in [0, 0.1) is 0 Å². The molecule has 1 aliphatic rings. The van der Waals surface area contributed by atoms with Crippen molar-refractivity contribution in [3.8, 4) is 0 Å². The van der Waals surface area contributed by atoms with Gasteiger partial charge in [0, 0.05) is 5.56 Å². The molecule has 1 N–H and O–H groups in total. The lowest BCUT2D eigenvalue weighted by molar-refractivity contribution is 0.100. The van der Waals surface area contributed by atoms with Crippen molar-refractivity contribution >= 4 is 11.6 Å². The second kappa shape index (κ2) is 5.92. The maximum atomic E-state index is 12.0. The second-order valence-electron chi connectivity index (χ2n) is 5.07. The SMILES string of the molecule is O=C(N=C1C=CC(O)(c2ccccc2)C=C1)c1ccccc1. The van der Waals surface area contributed by atoms with E-state index in [4.69, 9.17) is 0 Å². The van der Waals surface area contributed by atoms with Crippen LogP contribution in [0.4, 0.5) is 0 Å². The molecule has 0 saturated heterocycles. The number of hydrogen-bond donors (Lipinski definition) is 1. The molecule has 2 aromatic carbocycles. The number of rotatable bonds is 2.